The molecule has 0 unspecified atom stereocenters. The Morgan fingerprint density at radius 1 is 1.10 bits per heavy atom. The van der Waals surface area contributed by atoms with E-state index in [1.165, 1.54) is 8.61 Å². The first kappa shape index (κ1) is 20.3. The van der Waals surface area contributed by atoms with E-state index in [4.69, 9.17) is 5.73 Å². The molecule has 0 saturated carbocycles. The van der Waals surface area contributed by atoms with Crippen LogP contribution in [0.5, 0.6) is 0 Å². The van der Waals surface area contributed by atoms with E-state index in [2.05, 4.69) is 0 Å². The van der Waals surface area contributed by atoms with Gasteiger partial charge in [0, 0.05) is 33.2 Å². The monoisotopic (exact) mass is 335 g/mol. The van der Waals surface area contributed by atoms with Crippen molar-refractivity contribution in [2.75, 3.05) is 33.2 Å². The summed E-state index contributed by atoms with van der Waals surface area (Å²) in [5.41, 5.74) is 6.67. The van der Waals surface area contributed by atoms with Crippen LogP contribution in [0.1, 0.15) is 18.9 Å². The molecule has 0 aliphatic heterocycles. The SMILES string of the molecule is CCCN(C)S(=O)(=O)N(CCN)CCc1ccccc1.Cl. The molecule has 0 fully saturated rings. The largest absolute Gasteiger partial charge is 0.329 e. The average Bonchev–Trinajstić information content (AvgIpc) is 2.44. The van der Waals surface area contributed by atoms with Crippen LogP contribution in [0, 0.1) is 0 Å². The maximum atomic E-state index is 12.4. The summed E-state index contributed by atoms with van der Waals surface area (Å²) in [4.78, 5) is 0. The van der Waals surface area contributed by atoms with Crippen molar-refractivity contribution in [2.45, 2.75) is 19.8 Å². The van der Waals surface area contributed by atoms with Gasteiger partial charge in [-0.3, -0.25) is 0 Å². The molecule has 0 radical (unpaired) electrons. The fraction of sp³-hybridized carbons (Fsp3) is 0.571. The van der Waals surface area contributed by atoms with Gasteiger partial charge < -0.3 is 5.73 Å². The van der Waals surface area contributed by atoms with Crippen molar-refractivity contribution in [3.8, 4) is 0 Å². The highest BCUT2D eigenvalue weighted by Gasteiger charge is 2.25. The molecule has 1 rings (SSSR count). The summed E-state index contributed by atoms with van der Waals surface area (Å²) in [6.45, 7) is 3.62. The first-order chi connectivity index (χ1) is 9.52. The van der Waals surface area contributed by atoms with Crippen LogP contribution in [0.25, 0.3) is 0 Å². The van der Waals surface area contributed by atoms with Gasteiger partial charge in [-0.15, -0.1) is 12.4 Å². The summed E-state index contributed by atoms with van der Waals surface area (Å²) < 4.78 is 27.7. The molecule has 122 valence electrons. The van der Waals surface area contributed by atoms with E-state index in [0.29, 0.717) is 32.6 Å². The Balaban J connectivity index is 0.00000400. The molecule has 2 N–H and O–H groups in total. The second-order valence-electron chi connectivity index (χ2n) is 4.75. The number of halogens is 1. The topological polar surface area (TPSA) is 66.6 Å². The lowest BCUT2D eigenvalue weighted by Crippen LogP contribution is -2.45. The molecule has 0 amide bonds. The van der Waals surface area contributed by atoms with Crippen LogP contribution in [0.3, 0.4) is 0 Å². The minimum Gasteiger partial charge on any atom is -0.329 e. The van der Waals surface area contributed by atoms with Crippen molar-refractivity contribution in [2.24, 2.45) is 5.73 Å². The molecule has 1 aromatic rings. The molecule has 0 aliphatic carbocycles. The molecular formula is C14H26ClN3O2S. The molecule has 0 bridgehead atoms. The number of hydrogen-bond donors (Lipinski definition) is 1. The third kappa shape index (κ3) is 6.32. The van der Waals surface area contributed by atoms with Gasteiger partial charge in [-0.25, -0.2) is 0 Å². The molecule has 7 heteroatoms. The first-order valence-electron chi connectivity index (χ1n) is 6.97. The quantitative estimate of drug-likeness (QED) is 0.743. The molecule has 0 aliphatic rings. The molecule has 0 heterocycles. The Hall–Kier alpha value is -0.660. The summed E-state index contributed by atoms with van der Waals surface area (Å²) in [5, 5.41) is 0. The van der Waals surface area contributed by atoms with Gasteiger partial charge in [-0.05, 0) is 18.4 Å². The molecule has 0 spiro atoms. The van der Waals surface area contributed by atoms with Crippen molar-refractivity contribution in [1.82, 2.24) is 8.61 Å². The third-order valence-corrected chi connectivity index (χ3v) is 5.12. The van der Waals surface area contributed by atoms with Gasteiger partial charge in [0.05, 0.1) is 0 Å². The maximum absolute atomic E-state index is 12.4. The van der Waals surface area contributed by atoms with E-state index in [1.54, 1.807) is 7.05 Å². The van der Waals surface area contributed by atoms with Gasteiger partial charge in [-0.1, -0.05) is 37.3 Å². The third-order valence-electron chi connectivity index (χ3n) is 3.13. The predicted molar refractivity (Wildman–Crippen MR) is 89.9 cm³/mol. The van der Waals surface area contributed by atoms with E-state index in [0.717, 1.165) is 12.0 Å². The fourth-order valence-electron chi connectivity index (χ4n) is 2.01. The van der Waals surface area contributed by atoms with Crippen molar-refractivity contribution in [1.29, 1.82) is 0 Å². The van der Waals surface area contributed by atoms with Crippen molar-refractivity contribution in [3.63, 3.8) is 0 Å². The summed E-state index contributed by atoms with van der Waals surface area (Å²) >= 11 is 0. The number of rotatable bonds is 9. The maximum Gasteiger partial charge on any atom is 0.281 e. The zero-order chi connectivity index (χ0) is 15.0. The minimum atomic E-state index is -3.41. The molecule has 5 nitrogen and oxygen atoms in total. The summed E-state index contributed by atoms with van der Waals surface area (Å²) in [6, 6.07) is 9.87. The predicted octanol–water partition coefficient (Wildman–Crippen LogP) is 1.50. The van der Waals surface area contributed by atoms with E-state index in [-0.39, 0.29) is 12.4 Å². The van der Waals surface area contributed by atoms with Crippen molar-refractivity contribution in [3.05, 3.63) is 35.9 Å². The van der Waals surface area contributed by atoms with E-state index in [9.17, 15) is 8.42 Å². The van der Waals surface area contributed by atoms with Gasteiger partial charge in [0.1, 0.15) is 0 Å². The standard InChI is InChI=1S/C14H25N3O2S.ClH/c1-3-11-16(2)20(18,19)17(13-10-15)12-9-14-7-5-4-6-8-14;/h4-8H,3,9-13,15H2,1-2H3;1H. The van der Waals surface area contributed by atoms with Crippen LogP contribution < -0.4 is 5.73 Å². The lowest BCUT2D eigenvalue weighted by Gasteiger charge is -2.27. The highest BCUT2D eigenvalue weighted by molar-refractivity contribution is 7.86. The lowest BCUT2D eigenvalue weighted by atomic mass is 10.1. The lowest BCUT2D eigenvalue weighted by molar-refractivity contribution is 0.364. The normalized spacial score (nSPS) is 11.7. The fourth-order valence-corrected chi connectivity index (χ4v) is 3.48. The Labute approximate surface area is 134 Å². The van der Waals surface area contributed by atoms with E-state index >= 15 is 0 Å². The van der Waals surface area contributed by atoms with E-state index < -0.39 is 10.2 Å². The molecule has 0 aromatic heterocycles. The van der Waals surface area contributed by atoms with Crippen LogP contribution in [-0.2, 0) is 16.6 Å². The van der Waals surface area contributed by atoms with Crippen molar-refractivity contribution >= 4 is 22.6 Å². The zero-order valence-electron chi connectivity index (χ0n) is 12.7. The average molecular weight is 336 g/mol. The second-order valence-corrected chi connectivity index (χ2v) is 6.79. The van der Waals surface area contributed by atoms with Crippen LogP contribution in [-0.4, -0.2) is 50.3 Å². The zero-order valence-corrected chi connectivity index (χ0v) is 14.4. The summed E-state index contributed by atoms with van der Waals surface area (Å²) in [7, 11) is -1.79. The van der Waals surface area contributed by atoms with Gasteiger partial charge in [0.25, 0.3) is 10.2 Å². The van der Waals surface area contributed by atoms with Crippen LogP contribution in [0.4, 0.5) is 0 Å². The van der Waals surface area contributed by atoms with Gasteiger partial charge in [-0.2, -0.15) is 17.0 Å². The second kappa shape index (κ2) is 10.1. The van der Waals surface area contributed by atoms with Crippen LogP contribution in [0.2, 0.25) is 0 Å². The van der Waals surface area contributed by atoms with Gasteiger partial charge in [0.2, 0.25) is 0 Å². The molecule has 21 heavy (non-hydrogen) atoms. The van der Waals surface area contributed by atoms with E-state index in [1.807, 2.05) is 37.3 Å². The molecule has 0 saturated heterocycles. The Kier molecular flexibility index (Phi) is 9.81. The smallest absolute Gasteiger partial charge is 0.281 e. The number of hydrogen-bond acceptors (Lipinski definition) is 3. The van der Waals surface area contributed by atoms with Gasteiger partial charge in [0.15, 0.2) is 0 Å². The Morgan fingerprint density at radius 3 is 2.24 bits per heavy atom. The first-order valence-corrected chi connectivity index (χ1v) is 8.37. The Bertz CT molecular complexity index is 482. The van der Waals surface area contributed by atoms with Crippen molar-refractivity contribution < 1.29 is 8.42 Å². The van der Waals surface area contributed by atoms with Crippen LogP contribution in [0.15, 0.2) is 30.3 Å². The number of nitrogens with zero attached hydrogens (tertiary/aromatic N) is 2. The number of nitrogens with two attached hydrogens (primary N) is 1. The highest BCUT2D eigenvalue weighted by atomic mass is 35.5. The summed E-state index contributed by atoms with van der Waals surface area (Å²) in [6.07, 6.45) is 1.49. The Morgan fingerprint density at radius 2 is 1.71 bits per heavy atom. The van der Waals surface area contributed by atoms with Gasteiger partial charge >= 0.3 is 0 Å². The molecule has 1 aromatic carbocycles. The molecule has 0 atom stereocenters. The minimum absolute atomic E-state index is 0. The number of benzene rings is 1. The highest BCUT2D eigenvalue weighted by Crippen LogP contribution is 2.09. The summed E-state index contributed by atoms with van der Waals surface area (Å²) in [5.74, 6) is 0. The molecular weight excluding hydrogens is 310 g/mol. The van der Waals surface area contributed by atoms with Crippen LogP contribution >= 0.6 is 12.4 Å².